The Labute approximate surface area is 244 Å². The van der Waals surface area contributed by atoms with Gasteiger partial charge >= 0.3 is 0 Å². The molecule has 0 fully saturated rings. The molecule has 0 aromatic heterocycles. The van der Waals surface area contributed by atoms with Gasteiger partial charge in [-0.1, -0.05) is 72.9 Å². The Balaban J connectivity index is 2.05. The summed E-state index contributed by atoms with van der Waals surface area (Å²) in [5.41, 5.74) is 1.43. The van der Waals surface area contributed by atoms with E-state index in [1.54, 1.807) is 19.1 Å². The lowest BCUT2D eigenvalue weighted by Crippen LogP contribution is -2.51. The van der Waals surface area contributed by atoms with Crippen LogP contribution in [0.25, 0.3) is 0 Å². The topological polar surface area (TPSA) is 86.8 Å². The number of carbonyl (C=O) groups excluding carboxylic acids is 2. The lowest BCUT2D eigenvalue weighted by atomic mass is 10.1. The summed E-state index contributed by atoms with van der Waals surface area (Å²) in [4.78, 5) is 28.1. The minimum atomic E-state index is -4.29. The lowest BCUT2D eigenvalue weighted by Gasteiger charge is -2.32. The smallest absolute Gasteiger partial charge is 0.264 e. The first-order valence-electron chi connectivity index (χ1n) is 12.7. The summed E-state index contributed by atoms with van der Waals surface area (Å²) < 4.78 is 42.2. The second-order valence-electron chi connectivity index (χ2n) is 9.86. The summed E-state index contributed by atoms with van der Waals surface area (Å²) in [5, 5.41) is 2.88. The first-order valence-corrected chi connectivity index (χ1v) is 14.9. The molecule has 3 aromatic rings. The van der Waals surface area contributed by atoms with Crippen molar-refractivity contribution in [3.8, 4) is 0 Å². The van der Waals surface area contributed by atoms with Crippen molar-refractivity contribution in [2.45, 2.75) is 45.2 Å². The zero-order valence-corrected chi connectivity index (χ0v) is 25.0. The fourth-order valence-electron chi connectivity index (χ4n) is 3.86. The van der Waals surface area contributed by atoms with E-state index in [9.17, 15) is 22.4 Å². The van der Waals surface area contributed by atoms with E-state index < -0.39 is 40.2 Å². The van der Waals surface area contributed by atoms with Gasteiger partial charge in [-0.3, -0.25) is 13.9 Å². The number of halogens is 3. The zero-order chi connectivity index (χ0) is 29.6. The molecular weight excluding hydrogens is 576 g/mol. The SMILES string of the molecule is Cc1ccc(S(=O)(=O)N(CC(=O)N(Cc2ccc(F)cc2)[C@@H](C)C(=O)NCC(C)C)c2cccc(Cl)c2Cl)cc1. The molecule has 0 heterocycles. The molecule has 7 nitrogen and oxygen atoms in total. The number of sulfonamides is 1. The highest BCUT2D eigenvalue weighted by Gasteiger charge is 2.33. The maximum atomic E-state index is 13.9. The van der Waals surface area contributed by atoms with Gasteiger partial charge in [0.2, 0.25) is 11.8 Å². The van der Waals surface area contributed by atoms with E-state index in [1.807, 2.05) is 20.8 Å². The summed E-state index contributed by atoms with van der Waals surface area (Å²) >= 11 is 12.6. The zero-order valence-electron chi connectivity index (χ0n) is 22.7. The second-order valence-corrected chi connectivity index (χ2v) is 12.5. The van der Waals surface area contributed by atoms with Gasteiger partial charge in [0.15, 0.2) is 0 Å². The van der Waals surface area contributed by atoms with Gasteiger partial charge in [0.1, 0.15) is 18.4 Å². The van der Waals surface area contributed by atoms with Gasteiger partial charge < -0.3 is 10.2 Å². The third-order valence-corrected chi connectivity index (χ3v) is 8.79. The van der Waals surface area contributed by atoms with Crippen molar-refractivity contribution in [1.29, 1.82) is 0 Å². The standard InChI is InChI=1S/C29H32Cl2FN3O4S/c1-19(2)16-33-29(37)21(4)34(17-22-10-12-23(32)13-11-22)27(36)18-35(26-7-5-6-25(30)28(26)31)40(38,39)24-14-8-20(3)9-15-24/h5-15,19,21H,16-18H2,1-4H3,(H,33,37)/t21-/m0/s1. The predicted octanol–water partition coefficient (Wildman–Crippen LogP) is 5.83. The highest BCUT2D eigenvalue weighted by atomic mass is 35.5. The molecule has 0 spiro atoms. The molecule has 0 unspecified atom stereocenters. The number of hydrogen-bond acceptors (Lipinski definition) is 4. The molecule has 0 saturated heterocycles. The molecule has 1 N–H and O–H groups in total. The van der Waals surface area contributed by atoms with Crippen molar-refractivity contribution in [3.63, 3.8) is 0 Å². The minimum Gasteiger partial charge on any atom is -0.354 e. The van der Waals surface area contributed by atoms with Crippen LogP contribution in [0.5, 0.6) is 0 Å². The number of aryl methyl sites for hydroxylation is 1. The molecule has 0 bridgehead atoms. The van der Waals surface area contributed by atoms with Crippen LogP contribution in [0.2, 0.25) is 10.0 Å². The van der Waals surface area contributed by atoms with Crippen LogP contribution in [0, 0.1) is 18.7 Å². The third kappa shape index (κ3) is 7.74. The van der Waals surface area contributed by atoms with Crippen LogP contribution < -0.4 is 9.62 Å². The average molecular weight is 609 g/mol. The van der Waals surface area contributed by atoms with Crippen molar-refractivity contribution in [2.75, 3.05) is 17.4 Å². The van der Waals surface area contributed by atoms with Gasteiger partial charge in [-0.05, 0) is 61.7 Å². The molecule has 40 heavy (non-hydrogen) atoms. The minimum absolute atomic E-state index is 0.0155. The van der Waals surface area contributed by atoms with Crippen LogP contribution in [0.3, 0.4) is 0 Å². The van der Waals surface area contributed by atoms with Crippen LogP contribution in [-0.4, -0.2) is 44.3 Å². The fourth-order valence-corrected chi connectivity index (χ4v) is 5.73. The quantitative estimate of drug-likeness (QED) is 0.297. The van der Waals surface area contributed by atoms with Crippen molar-refractivity contribution >= 4 is 50.7 Å². The van der Waals surface area contributed by atoms with Gasteiger partial charge in [0.25, 0.3) is 10.0 Å². The summed E-state index contributed by atoms with van der Waals surface area (Å²) in [6, 6.07) is 15.2. The third-order valence-electron chi connectivity index (χ3n) is 6.21. The lowest BCUT2D eigenvalue weighted by molar-refractivity contribution is -0.139. The van der Waals surface area contributed by atoms with E-state index in [-0.39, 0.29) is 33.1 Å². The van der Waals surface area contributed by atoms with Crippen LogP contribution in [-0.2, 0) is 26.2 Å². The second kappa shape index (κ2) is 13.5. The predicted molar refractivity (Wildman–Crippen MR) is 156 cm³/mol. The first kappa shape index (κ1) is 31.4. The number of nitrogens with one attached hydrogen (secondary N) is 1. The molecule has 0 saturated carbocycles. The number of anilines is 1. The molecule has 1 atom stereocenters. The van der Waals surface area contributed by atoms with Gasteiger partial charge in [0.05, 0.1) is 20.6 Å². The highest BCUT2D eigenvalue weighted by molar-refractivity contribution is 7.92. The van der Waals surface area contributed by atoms with Crippen LogP contribution >= 0.6 is 23.2 Å². The fraction of sp³-hybridized carbons (Fsp3) is 0.310. The van der Waals surface area contributed by atoms with Gasteiger partial charge in [0, 0.05) is 13.1 Å². The van der Waals surface area contributed by atoms with E-state index in [4.69, 9.17) is 23.2 Å². The van der Waals surface area contributed by atoms with Crippen LogP contribution in [0.1, 0.15) is 31.9 Å². The molecule has 2 amide bonds. The highest BCUT2D eigenvalue weighted by Crippen LogP contribution is 2.35. The molecule has 214 valence electrons. The van der Waals surface area contributed by atoms with Crippen molar-refractivity contribution in [2.24, 2.45) is 5.92 Å². The molecule has 3 aromatic carbocycles. The van der Waals surface area contributed by atoms with Crippen LogP contribution in [0.15, 0.2) is 71.6 Å². The van der Waals surface area contributed by atoms with Crippen LogP contribution in [0.4, 0.5) is 10.1 Å². The molecule has 0 aliphatic heterocycles. The number of benzene rings is 3. The Hall–Kier alpha value is -3.14. The summed E-state index contributed by atoms with van der Waals surface area (Å²) in [6.45, 7) is 6.93. The number of nitrogens with zero attached hydrogens (tertiary/aromatic N) is 2. The van der Waals surface area contributed by atoms with E-state index in [2.05, 4.69) is 5.32 Å². The average Bonchev–Trinajstić information content (AvgIpc) is 2.91. The van der Waals surface area contributed by atoms with Gasteiger partial charge in [-0.2, -0.15) is 0 Å². The molecule has 3 rings (SSSR count). The van der Waals surface area contributed by atoms with Crippen molar-refractivity contribution < 1.29 is 22.4 Å². The summed E-state index contributed by atoms with van der Waals surface area (Å²) in [5.74, 6) is -1.34. The maximum absolute atomic E-state index is 13.9. The monoisotopic (exact) mass is 607 g/mol. The summed E-state index contributed by atoms with van der Waals surface area (Å²) in [6.07, 6.45) is 0. The number of hydrogen-bond donors (Lipinski definition) is 1. The van der Waals surface area contributed by atoms with Gasteiger partial charge in [-0.25, -0.2) is 12.8 Å². The van der Waals surface area contributed by atoms with E-state index >= 15 is 0 Å². The number of rotatable bonds is 11. The van der Waals surface area contributed by atoms with Crippen molar-refractivity contribution in [3.05, 3.63) is 93.7 Å². The van der Waals surface area contributed by atoms with E-state index in [0.29, 0.717) is 12.1 Å². The molecule has 11 heteroatoms. The maximum Gasteiger partial charge on any atom is 0.264 e. The molecule has 0 radical (unpaired) electrons. The Morgan fingerprint density at radius 3 is 2.17 bits per heavy atom. The Kier molecular flexibility index (Phi) is 10.6. The Bertz CT molecular complexity index is 1450. The van der Waals surface area contributed by atoms with E-state index in [1.165, 1.54) is 59.5 Å². The molecule has 0 aliphatic carbocycles. The molecular formula is C29H32Cl2FN3O4S. The van der Waals surface area contributed by atoms with E-state index in [0.717, 1.165) is 9.87 Å². The van der Waals surface area contributed by atoms with Crippen molar-refractivity contribution in [1.82, 2.24) is 10.2 Å². The van der Waals surface area contributed by atoms with Gasteiger partial charge in [-0.15, -0.1) is 0 Å². The summed E-state index contributed by atoms with van der Waals surface area (Å²) in [7, 11) is -4.29. The normalized spacial score (nSPS) is 12.2. The largest absolute Gasteiger partial charge is 0.354 e. The number of amides is 2. The number of carbonyl (C=O) groups is 2. The molecule has 0 aliphatic rings. The Morgan fingerprint density at radius 2 is 1.57 bits per heavy atom. The first-order chi connectivity index (χ1) is 18.8. The Morgan fingerprint density at radius 1 is 0.950 bits per heavy atom.